The number of Topliss-reactive ketones (excluding diaryl/α,β-unsaturated/α-hetero) is 1. The number of carbonyl (C=O) groups excluding carboxylic acids is 1. The van der Waals surface area contributed by atoms with Crippen LogP contribution >= 0.6 is 37.2 Å². The zero-order valence-corrected chi connectivity index (χ0v) is 21.5. The Morgan fingerprint density at radius 1 is 1.00 bits per heavy atom. The van der Waals surface area contributed by atoms with Crippen LogP contribution in [0.15, 0.2) is 24.3 Å². The number of rotatable bonds is 17. The Kier molecular flexibility index (Phi) is 24.9. The van der Waals surface area contributed by atoms with E-state index in [0.717, 1.165) is 56.4 Å². The van der Waals surface area contributed by atoms with Crippen LogP contribution in [-0.2, 0) is 11.2 Å². The highest BCUT2D eigenvalue weighted by molar-refractivity contribution is 5.89. The molecule has 0 aromatic heterocycles. The third-order valence-corrected chi connectivity index (χ3v) is 4.71. The molecule has 0 radical (unpaired) electrons. The van der Waals surface area contributed by atoms with Crippen LogP contribution in [0.2, 0.25) is 0 Å². The van der Waals surface area contributed by atoms with Gasteiger partial charge < -0.3 is 32.9 Å². The maximum Gasteiger partial charge on any atom is 0.190 e. The van der Waals surface area contributed by atoms with Crippen LogP contribution in [0, 0.1) is 5.41 Å². The van der Waals surface area contributed by atoms with Gasteiger partial charge in [0.1, 0.15) is 12.0 Å². The average molecular weight is 531 g/mol. The molecule has 0 saturated heterocycles. The maximum atomic E-state index is 12.1. The molecule has 12 heteroatoms. The van der Waals surface area contributed by atoms with Crippen molar-refractivity contribution in [2.75, 3.05) is 31.5 Å². The fraction of sp³-hybridized carbons (Fsp3) is 0.619. The molecule has 0 aliphatic heterocycles. The summed E-state index contributed by atoms with van der Waals surface area (Å²) in [6.45, 7) is 3.22. The van der Waals surface area contributed by atoms with Gasteiger partial charge in [-0.1, -0.05) is 12.1 Å². The summed E-state index contributed by atoms with van der Waals surface area (Å²) >= 11 is 0. The molecule has 33 heavy (non-hydrogen) atoms. The number of nitrogens with one attached hydrogen (secondary N) is 4. The number of guanidine groups is 1. The maximum absolute atomic E-state index is 12.1. The lowest BCUT2D eigenvalue weighted by Gasteiger charge is -2.19. The standard InChI is InChI=1S/C21H39N7O2.3ClH/c22-11-4-13-26-12-1-2-14-27-20(30)19(23)15-18(29)6-3-5-16-7-9-17(10-8-16)28-21(24)25;;;/h7-10,19-20,26-27,30H,1-6,11-15,22-23H2,(H4,24,25,28);3*1H. The van der Waals surface area contributed by atoms with Gasteiger partial charge in [0.2, 0.25) is 0 Å². The molecule has 0 saturated carbocycles. The van der Waals surface area contributed by atoms with E-state index in [4.69, 9.17) is 22.6 Å². The van der Waals surface area contributed by atoms with Crippen molar-refractivity contribution in [3.8, 4) is 0 Å². The minimum Gasteiger partial charge on any atom is -0.377 e. The van der Waals surface area contributed by atoms with Crippen LogP contribution in [0.1, 0.15) is 44.1 Å². The van der Waals surface area contributed by atoms with E-state index in [9.17, 15) is 9.90 Å². The number of benzene rings is 1. The van der Waals surface area contributed by atoms with Crippen LogP contribution in [0.25, 0.3) is 0 Å². The van der Waals surface area contributed by atoms with Crippen LogP contribution in [0.3, 0.4) is 0 Å². The highest BCUT2D eigenvalue weighted by Gasteiger charge is 2.17. The minimum atomic E-state index is -0.875. The summed E-state index contributed by atoms with van der Waals surface area (Å²) in [4.78, 5) is 12.1. The third kappa shape index (κ3) is 18.9. The van der Waals surface area contributed by atoms with Crippen LogP contribution < -0.4 is 33.2 Å². The summed E-state index contributed by atoms with van der Waals surface area (Å²) in [5.74, 6) is -0.0426. The monoisotopic (exact) mass is 529 g/mol. The molecule has 11 N–H and O–H groups in total. The highest BCUT2D eigenvalue weighted by atomic mass is 35.5. The lowest BCUT2D eigenvalue weighted by molar-refractivity contribution is -0.120. The minimum absolute atomic E-state index is 0. The second-order valence-electron chi connectivity index (χ2n) is 7.49. The Morgan fingerprint density at radius 3 is 2.21 bits per heavy atom. The van der Waals surface area contributed by atoms with Crippen LogP contribution in [0.4, 0.5) is 5.69 Å². The molecule has 0 bridgehead atoms. The molecule has 1 aromatic rings. The molecular formula is C21H42Cl3N7O2. The Hall–Kier alpha value is -1.17. The van der Waals surface area contributed by atoms with Crippen molar-refractivity contribution in [3.05, 3.63) is 29.8 Å². The number of nitrogens with two attached hydrogens (primary N) is 3. The van der Waals surface area contributed by atoms with Gasteiger partial charge in [0.25, 0.3) is 0 Å². The molecule has 0 fully saturated rings. The van der Waals surface area contributed by atoms with Crippen LogP contribution in [-0.4, -0.2) is 55.3 Å². The lowest BCUT2D eigenvalue weighted by Crippen LogP contribution is -2.46. The first-order valence-electron chi connectivity index (χ1n) is 10.7. The van der Waals surface area contributed by atoms with Crippen molar-refractivity contribution < 1.29 is 9.90 Å². The van der Waals surface area contributed by atoms with Crippen molar-refractivity contribution >= 4 is 54.7 Å². The van der Waals surface area contributed by atoms with E-state index in [2.05, 4.69) is 16.0 Å². The predicted octanol–water partition coefficient (Wildman–Crippen LogP) is 1.49. The molecule has 2 unspecified atom stereocenters. The molecule has 9 nitrogen and oxygen atoms in total. The molecule has 0 heterocycles. The van der Waals surface area contributed by atoms with E-state index in [1.165, 1.54) is 0 Å². The number of anilines is 1. The van der Waals surface area contributed by atoms with Gasteiger partial charge >= 0.3 is 0 Å². The van der Waals surface area contributed by atoms with Crippen molar-refractivity contribution in [1.82, 2.24) is 10.6 Å². The van der Waals surface area contributed by atoms with Gasteiger partial charge in [-0.3, -0.25) is 15.5 Å². The number of aliphatic hydroxyl groups excluding tert-OH is 1. The molecule has 2 atom stereocenters. The fourth-order valence-electron chi connectivity index (χ4n) is 3.00. The van der Waals surface area contributed by atoms with Gasteiger partial charge in [-0.05, 0) is 76.0 Å². The zero-order valence-electron chi connectivity index (χ0n) is 19.1. The van der Waals surface area contributed by atoms with Crippen LogP contribution in [0.5, 0.6) is 0 Å². The number of carbonyl (C=O) groups is 1. The number of unbranched alkanes of at least 4 members (excludes halogenated alkanes) is 1. The smallest absolute Gasteiger partial charge is 0.190 e. The number of ketones is 1. The quantitative estimate of drug-likeness (QED) is 0.0646. The molecule has 0 aliphatic rings. The van der Waals surface area contributed by atoms with E-state index >= 15 is 0 Å². The number of aliphatic hydroxyl groups is 1. The van der Waals surface area contributed by atoms with E-state index in [1.54, 1.807) is 0 Å². The SMILES string of the molecule is Cl.Cl.Cl.N=C(N)Nc1ccc(CCCC(=O)CC(N)C(O)NCCCCNCCCN)cc1. The number of hydrogen-bond acceptors (Lipinski definition) is 7. The van der Waals surface area contributed by atoms with Gasteiger partial charge in [0, 0.05) is 18.5 Å². The Labute approximate surface area is 216 Å². The molecule has 194 valence electrons. The molecule has 1 rings (SSSR count). The third-order valence-electron chi connectivity index (χ3n) is 4.71. The first kappa shape index (κ1) is 36.4. The topological polar surface area (TPSA) is 175 Å². The molecular weight excluding hydrogens is 489 g/mol. The van der Waals surface area contributed by atoms with Crippen molar-refractivity contribution in [2.45, 2.75) is 57.2 Å². The summed E-state index contributed by atoms with van der Waals surface area (Å²) < 4.78 is 0. The summed E-state index contributed by atoms with van der Waals surface area (Å²) in [7, 11) is 0. The van der Waals surface area contributed by atoms with Gasteiger partial charge in [-0.25, -0.2) is 0 Å². The second kappa shape index (κ2) is 22.6. The van der Waals surface area contributed by atoms with Gasteiger partial charge in [0.15, 0.2) is 5.96 Å². The largest absolute Gasteiger partial charge is 0.377 e. The number of halogens is 3. The van der Waals surface area contributed by atoms with E-state index in [-0.39, 0.29) is 55.4 Å². The van der Waals surface area contributed by atoms with Gasteiger partial charge in [-0.2, -0.15) is 0 Å². The van der Waals surface area contributed by atoms with E-state index in [0.29, 0.717) is 19.5 Å². The Balaban J connectivity index is -0.00000300. The summed E-state index contributed by atoms with van der Waals surface area (Å²) in [5, 5.41) is 26.3. The summed E-state index contributed by atoms with van der Waals surface area (Å²) in [5.41, 5.74) is 18.6. The number of hydrogen-bond donors (Lipinski definition) is 8. The summed E-state index contributed by atoms with van der Waals surface area (Å²) in [6, 6.07) is 7.00. The fourth-order valence-corrected chi connectivity index (χ4v) is 3.00. The Bertz CT molecular complexity index is 624. The normalized spacial score (nSPS) is 11.8. The first-order chi connectivity index (χ1) is 14.4. The lowest BCUT2D eigenvalue weighted by atomic mass is 10.0. The predicted molar refractivity (Wildman–Crippen MR) is 144 cm³/mol. The average Bonchev–Trinajstić information content (AvgIpc) is 2.70. The van der Waals surface area contributed by atoms with Crippen molar-refractivity contribution in [3.63, 3.8) is 0 Å². The van der Waals surface area contributed by atoms with Crippen molar-refractivity contribution in [2.24, 2.45) is 17.2 Å². The van der Waals surface area contributed by atoms with Crippen molar-refractivity contribution in [1.29, 1.82) is 5.41 Å². The number of aryl methyl sites for hydroxylation is 1. The van der Waals surface area contributed by atoms with E-state index in [1.807, 2.05) is 24.3 Å². The van der Waals surface area contributed by atoms with E-state index < -0.39 is 12.3 Å². The molecule has 0 amide bonds. The molecule has 0 aliphatic carbocycles. The zero-order chi connectivity index (χ0) is 22.2. The highest BCUT2D eigenvalue weighted by Crippen LogP contribution is 2.12. The molecule has 0 spiro atoms. The van der Waals surface area contributed by atoms with Gasteiger partial charge in [0.05, 0.1) is 6.04 Å². The Morgan fingerprint density at radius 2 is 1.61 bits per heavy atom. The second-order valence-corrected chi connectivity index (χ2v) is 7.49. The van der Waals surface area contributed by atoms with Gasteiger partial charge in [-0.15, -0.1) is 37.2 Å². The summed E-state index contributed by atoms with van der Waals surface area (Å²) in [6.07, 6.45) is 4.13. The first-order valence-corrected chi connectivity index (χ1v) is 10.7. The molecule has 1 aromatic carbocycles.